The Bertz CT molecular complexity index is 268. The third-order valence-corrected chi connectivity index (χ3v) is 1.35. The van der Waals surface area contributed by atoms with Gasteiger partial charge in [-0.1, -0.05) is 17.1 Å². The van der Waals surface area contributed by atoms with Crippen LogP contribution in [0.2, 0.25) is 0 Å². The maximum atomic E-state index is 10.0. The number of nitroso groups, excluding NO2 is 1. The third-order valence-electron chi connectivity index (χ3n) is 1.35. The summed E-state index contributed by atoms with van der Waals surface area (Å²) in [6.45, 7) is 0. The summed E-state index contributed by atoms with van der Waals surface area (Å²) < 4.78 is 1.18. The number of hydrogen-bond donors (Lipinski definition) is 0. The van der Waals surface area contributed by atoms with E-state index in [0.717, 1.165) is 0 Å². The molecular formula is C7H7N3O. The van der Waals surface area contributed by atoms with Crippen LogP contribution in [0.15, 0.2) is 29.6 Å². The summed E-state index contributed by atoms with van der Waals surface area (Å²) in [6, 6.07) is 0. The van der Waals surface area contributed by atoms with E-state index in [1.54, 1.807) is 19.2 Å². The Morgan fingerprint density at radius 2 is 1.91 bits per heavy atom. The molecule has 0 aromatic carbocycles. The van der Waals surface area contributed by atoms with Crippen LogP contribution in [0.5, 0.6) is 0 Å². The van der Waals surface area contributed by atoms with Crippen LogP contribution in [-0.4, -0.2) is 23.2 Å². The first-order valence-electron chi connectivity index (χ1n) is 3.10. The fraction of sp³-hybridized carbons (Fsp3) is 0.143. The Hall–Kier alpha value is -1.58. The van der Waals surface area contributed by atoms with Gasteiger partial charge in [0.15, 0.2) is 7.05 Å². The summed E-state index contributed by atoms with van der Waals surface area (Å²) in [5.41, 5.74) is 0.825. The van der Waals surface area contributed by atoms with E-state index >= 15 is 0 Å². The molecule has 4 nitrogen and oxygen atoms in total. The van der Waals surface area contributed by atoms with Gasteiger partial charge in [0.1, 0.15) is 0 Å². The first-order valence-corrected chi connectivity index (χ1v) is 3.10. The highest BCUT2D eigenvalue weighted by molar-refractivity contribution is 6.18. The first-order chi connectivity index (χ1) is 5.24. The summed E-state index contributed by atoms with van der Waals surface area (Å²) in [5.74, 6) is 0. The lowest BCUT2D eigenvalue weighted by Crippen LogP contribution is -2.09. The van der Waals surface area contributed by atoms with Crippen LogP contribution < -0.4 is 0 Å². The van der Waals surface area contributed by atoms with Gasteiger partial charge >= 0.3 is 0 Å². The zero-order valence-corrected chi connectivity index (χ0v) is 6.06. The van der Waals surface area contributed by atoms with Crippen molar-refractivity contribution in [2.75, 3.05) is 7.05 Å². The topological polar surface area (TPSA) is 54.7 Å². The summed E-state index contributed by atoms with van der Waals surface area (Å²) in [6.07, 6.45) is 6.21. The van der Waals surface area contributed by atoms with Crippen molar-refractivity contribution < 1.29 is 4.68 Å². The second kappa shape index (κ2) is 3.01. The van der Waals surface area contributed by atoms with Gasteiger partial charge in [0.25, 0.3) is 0 Å². The molecule has 0 aliphatic heterocycles. The lowest BCUT2D eigenvalue weighted by molar-refractivity contribution is -0.503. The van der Waals surface area contributed by atoms with E-state index in [-0.39, 0.29) is 5.71 Å². The normalized spacial score (nSPS) is 15.4. The average molecular weight is 149 g/mol. The van der Waals surface area contributed by atoms with Crippen LogP contribution in [-0.2, 0) is 0 Å². The molecule has 0 bridgehead atoms. The van der Waals surface area contributed by atoms with Crippen molar-refractivity contribution in [2.45, 2.75) is 0 Å². The minimum absolute atomic E-state index is 0.174. The Labute approximate surface area is 64.0 Å². The highest BCUT2D eigenvalue weighted by Crippen LogP contribution is 1.95. The van der Waals surface area contributed by atoms with Crippen molar-refractivity contribution in [1.29, 1.82) is 0 Å². The average Bonchev–Trinajstić information content (AvgIpc) is 2.05. The van der Waals surface area contributed by atoms with Gasteiger partial charge in [0.05, 0.1) is 0 Å². The highest BCUT2D eigenvalue weighted by atomic mass is 16.3. The van der Waals surface area contributed by atoms with E-state index in [2.05, 4.69) is 5.29 Å². The van der Waals surface area contributed by atoms with Crippen LogP contribution in [0.1, 0.15) is 0 Å². The van der Waals surface area contributed by atoms with Gasteiger partial charge in [-0.15, -0.1) is 0 Å². The van der Waals surface area contributed by atoms with Gasteiger partial charge in [-0.05, 0) is 4.68 Å². The minimum Gasteiger partial charge on any atom is -0.804 e. The molecule has 0 N–H and O–H groups in total. The molecule has 4 heteroatoms. The second-order valence-corrected chi connectivity index (χ2v) is 2.12. The van der Waals surface area contributed by atoms with E-state index in [4.69, 9.17) is 5.41 Å². The molecule has 0 atom stereocenters. The number of nitrogens with zero attached hydrogens (tertiary/aromatic N) is 3. The van der Waals surface area contributed by atoms with Crippen molar-refractivity contribution in [2.24, 2.45) is 5.29 Å². The van der Waals surface area contributed by atoms with Gasteiger partial charge in [-0.25, -0.2) is 0 Å². The minimum atomic E-state index is 0.174. The molecule has 1 aliphatic rings. The summed E-state index contributed by atoms with van der Waals surface area (Å²) >= 11 is 0. The molecule has 0 radical (unpaired) electrons. The zero-order valence-electron chi connectivity index (χ0n) is 6.06. The zero-order chi connectivity index (χ0) is 8.27. The van der Waals surface area contributed by atoms with Crippen molar-refractivity contribution in [3.05, 3.63) is 34.6 Å². The van der Waals surface area contributed by atoms with E-state index in [9.17, 15) is 4.91 Å². The Morgan fingerprint density at radius 3 is 2.36 bits per heavy atom. The highest BCUT2D eigenvalue weighted by Gasteiger charge is 2.05. The number of hydrogen-bond acceptors (Lipinski definition) is 2. The Balaban J connectivity index is 2.96. The maximum Gasteiger partial charge on any atom is 0.239 e. The standard InChI is InChI=1S/C7H7N3O/c1-10(9-11)7-4-2-6(8)3-5-7/h2-5H,1H3. The smallest absolute Gasteiger partial charge is 0.239 e. The molecule has 0 amide bonds. The summed E-state index contributed by atoms with van der Waals surface area (Å²) in [5, 5.41) is 11.6. The van der Waals surface area contributed by atoms with E-state index < -0.39 is 0 Å². The summed E-state index contributed by atoms with van der Waals surface area (Å²) in [7, 11) is 1.54. The van der Waals surface area contributed by atoms with Crippen molar-refractivity contribution in [3.8, 4) is 0 Å². The quantitative estimate of drug-likeness (QED) is 0.236. The lowest BCUT2D eigenvalue weighted by Gasteiger charge is -2.02. The monoisotopic (exact) mass is 149 g/mol. The molecule has 0 spiro atoms. The molecule has 56 valence electrons. The fourth-order valence-electron chi connectivity index (χ4n) is 0.716. The Kier molecular flexibility index (Phi) is 2.06. The predicted octanol–water partition coefficient (Wildman–Crippen LogP) is 0.887. The fourth-order valence-corrected chi connectivity index (χ4v) is 0.716. The molecule has 1 rings (SSSR count). The first kappa shape index (κ1) is 7.53. The summed E-state index contributed by atoms with van der Waals surface area (Å²) in [4.78, 5) is 10.0. The van der Waals surface area contributed by atoms with Crippen molar-refractivity contribution in [1.82, 2.24) is 0 Å². The van der Waals surface area contributed by atoms with Crippen LogP contribution >= 0.6 is 0 Å². The molecule has 0 saturated carbocycles. The van der Waals surface area contributed by atoms with Crippen molar-refractivity contribution >= 4 is 11.4 Å². The van der Waals surface area contributed by atoms with Crippen LogP contribution in [0.3, 0.4) is 0 Å². The van der Waals surface area contributed by atoms with Gasteiger partial charge in [-0.3, -0.25) is 0 Å². The van der Waals surface area contributed by atoms with Crippen LogP contribution in [0.4, 0.5) is 0 Å². The van der Waals surface area contributed by atoms with Gasteiger partial charge < -0.3 is 5.41 Å². The van der Waals surface area contributed by atoms with Crippen molar-refractivity contribution in [3.63, 3.8) is 0 Å². The molecular weight excluding hydrogens is 142 g/mol. The van der Waals surface area contributed by atoms with Gasteiger partial charge in [-0.2, -0.15) is 5.71 Å². The molecule has 1 aliphatic carbocycles. The SMILES string of the molecule is C[N+](N=O)=C1C=CC(=[N-])C=C1. The number of allylic oxidation sites excluding steroid dienone is 4. The third kappa shape index (κ3) is 1.67. The van der Waals surface area contributed by atoms with Gasteiger partial charge in [0, 0.05) is 12.2 Å². The van der Waals surface area contributed by atoms with E-state index in [1.807, 2.05) is 0 Å². The second-order valence-electron chi connectivity index (χ2n) is 2.12. The molecule has 0 fully saturated rings. The predicted molar refractivity (Wildman–Crippen MR) is 43.6 cm³/mol. The molecule has 0 aromatic heterocycles. The van der Waals surface area contributed by atoms with E-state index in [1.165, 1.54) is 16.8 Å². The maximum absolute atomic E-state index is 10.0. The molecule has 0 unspecified atom stereocenters. The molecule has 0 aromatic rings. The lowest BCUT2D eigenvalue weighted by atomic mass is 10.1. The van der Waals surface area contributed by atoms with Crippen LogP contribution in [0, 0.1) is 4.91 Å². The molecule has 0 saturated heterocycles. The molecule has 11 heavy (non-hydrogen) atoms. The van der Waals surface area contributed by atoms with E-state index in [0.29, 0.717) is 5.71 Å². The molecule has 0 heterocycles. The van der Waals surface area contributed by atoms with Gasteiger partial charge in [0.2, 0.25) is 11.0 Å². The van der Waals surface area contributed by atoms with Crippen LogP contribution in [0.25, 0.3) is 5.41 Å². The Morgan fingerprint density at radius 1 is 1.36 bits per heavy atom. The largest absolute Gasteiger partial charge is 0.804 e. The number of rotatable bonds is 1.